The highest BCUT2D eigenvalue weighted by molar-refractivity contribution is 6.08. The van der Waals surface area contributed by atoms with Gasteiger partial charge in [-0.25, -0.2) is 4.39 Å². The van der Waals surface area contributed by atoms with Crippen molar-refractivity contribution in [3.05, 3.63) is 35.3 Å². The van der Waals surface area contributed by atoms with Gasteiger partial charge in [-0.1, -0.05) is 0 Å². The monoisotopic (exact) mass is 285 g/mol. The molecule has 0 bridgehead atoms. The van der Waals surface area contributed by atoms with Crippen molar-refractivity contribution in [2.45, 2.75) is 19.8 Å². The van der Waals surface area contributed by atoms with Crippen LogP contribution in [-0.2, 0) is 0 Å². The lowest BCUT2D eigenvalue weighted by molar-refractivity contribution is 0.0708. The maximum Gasteiger partial charge on any atom is 0.256 e. The number of hydrogen-bond acceptors (Lipinski definition) is 2. The molecule has 1 fully saturated rings. The van der Waals surface area contributed by atoms with Gasteiger partial charge >= 0.3 is 0 Å². The highest BCUT2D eigenvalue weighted by atomic mass is 19.1. The Hall–Kier alpha value is -2.35. The zero-order chi connectivity index (χ0) is 15.0. The zero-order valence-electron chi connectivity index (χ0n) is 11.8. The zero-order valence-corrected chi connectivity index (χ0v) is 11.8. The van der Waals surface area contributed by atoms with Crippen LogP contribution in [0.1, 0.15) is 28.9 Å². The van der Waals surface area contributed by atoms with Crippen LogP contribution in [0.15, 0.2) is 18.2 Å². The van der Waals surface area contributed by atoms with E-state index in [4.69, 9.17) is 5.26 Å². The average molecular weight is 285 g/mol. The Kier molecular flexibility index (Phi) is 3.38. The third kappa shape index (κ3) is 2.38. The number of likely N-dealkylation sites (tertiary alicyclic amines) is 1. The quantitative estimate of drug-likeness (QED) is 0.875. The third-order valence-electron chi connectivity index (χ3n) is 4.13. The van der Waals surface area contributed by atoms with E-state index in [1.165, 1.54) is 12.1 Å². The van der Waals surface area contributed by atoms with Gasteiger partial charge in [0.05, 0.1) is 11.6 Å². The minimum atomic E-state index is -0.348. The van der Waals surface area contributed by atoms with Crippen molar-refractivity contribution in [2.75, 3.05) is 13.1 Å². The molecule has 1 aliphatic rings. The number of halogens is 1. The molecule has 2 aromatic rings. The van der Waals surface area contributed by atoms with Gasteiger partial charge in [0, 0.05) is 35.6 Å². The number of H-pyrrole nitrogens is 1. The van der Waals surface area contributed by atoms with Gasteiger partial charge in [-0.3, -0.25) is 4.79 Å². The second-order valence-electron chi connectivity index (χ2n) is 5.51. The summed E-state index contributed by atoms with van der Waals surface area (Å²) in [5.41, 5.74) is 2.06. The number of aromatic nitrogens is 1. The van der Waals surface area contributed by atoms with Crippen molar-refractivity contribution in [3.63, 3.8) is 0 Å². The van der Waals surface area contributed by atoms with Crippen LogP contribution in [0.2, 0.25) is 0 Å². The minimum absolute atomic E-state index is 0.0376. The Morgan fingerprint density at radius 3 is 2.81 bits per heavy atom. The number of piperidine rings is 1. The predicted molar refractivity (Wildman–Crippen MR) is 77.2 cm³/mol. The summed E-state index contributed by atoms with van der Waals surface area (Å²) >= 11 is 0. The van der Waals surface area contributed by atoms with Crippen LogP contribution in [0.25, 0.3) is 10.9 Å². The molecule has 0 unspecified atom stereocenters. The molecule has 5 heteroatoms. The summed E-state index contributed by atoms with van der Waals surface area (Å²) in [6, 6.07) is 6.68. The van der Waals surface area contributed by atoms with Crippen LogP contribution in [0, 0.1) is 30.0 Å². The van der Waals surface area contributed by atoms with Crippen LogP contribution < -0.4 is 0 Å². The van der Waals surface area contributed by atoms with Crippen molar-refractivity contribution in [3.8, 4) is 6.07 Å². The number of aromatic amines is 1. The molecular formula is C16H16FN3O. The van der Waals surface area contributed by atoms with Crippen molar-refractivity contribution in [2.24, 2.45) is 5.92 Å². The SMILES string of the molecule is Cc1[nH]c2ccc(F)cc2c1C(=O)N1CCC(C#N)CC1. The van der Waals surface area contributed by atoms with Crippen LogP contribution in [0.3, 0.4) is 0 Å². The lowest BCUT2D eigenvalue weighted by Crippen LogP contribution is -2.38. The van der Waals surface area contributed by atoms with Crippen LogP contribution >= 0.6 is 0 Å². The number of nitrogens with one attached hydrogen (secondary N) is 1. The van der Waals surface area contributed by atoms with E-state index in [0.717, 1.165) is 11.2 Å². The van der Waals surface area contributed by atoms with Crippen LogP contribution in [0.5, 0.6) is 0 Å². The first-order chi connectivity index (χ1) is 10.1. The first kappa shape index (κ1) is 13.6. The number of benzene rings is 1. The largest absolute Gasteiger partial charge is 0.358 e. The lowest BCUT2D eigenvalue weighted by Gasteiger charge is -2.29. The van der Waals surface area contributed by atoms with Gasteiger partial charge in [0.1, 0.15) is 5.82 Å². The summed E-state index contributed by atoms with van der Waals surface area (Å²) in [5, 5.41) is 9.54. The number of hydrogen-bond donors (Lipinski definition) is 1. The van der Waals surface area contributed by atoms with Gasteiger partial charge in [0.2, 0.25) is 0 Å². The Morgan fingerprint density at radius 1 is 1.43 bits per heavy atom. The van der Waals surface area contributed by atoms with Gasteiger partial charge in [-0.2, -0.15) is 5.26 Å². The van der Waals surface area contributed by atoms with Gasteiger partial charge < -0.3 is 9.88 Å². The summed E-state index contributed by atoms with van der Waals surface area (Å²) in [6.45, 7) is 2.99. The smallest absolute Gasteiger partial charge is 0.256 e. The third-order valence-corrected chi connectivity index (χ3v) is 4.13. The summed E-state index contributed by atoms with van der Waals surface area (Å²) in [5.74, 6) is -0.393. The predicted octanol–water partition coefficient (Wildman–Crippen LogP) is 2.99. The molecule has 4 nitrogen and oxygen atoms in total. The molecule has 0 atom stereocenters. The Bertz CT molecular complexity index is 736. The van der Waals surface area contributed by atoms with Crippen molar-refractivity contribution in [1.82, 2.24) is 9.88 Å². The maximum atomic E-state index is 13.5. The molecule has 0 aliphatic carbocycles. The number of carbonyl (C=O) groups excluding carboxylic acids is 1. The second-order valence-corrected chi connectivity index (χ2v) is 5.51. The van der Waals surface area contributed by atoms with Gasteiger partial charge in [-0.05, 0) is 38.0 Å². The molecule has 2 heterocycles. The van der Waals surface area contributed by atoms with Gasteiger partial charge in [0.25, 0.3) is 5.91 Å². The average Bonchev–Trinajstić information content (AvgIpc) is 2.82. The van der Waals surface area contributed by atoms with E-state index in [9.17, 15) is 9.18 Å². The van der Waals surface area contributed by atoms with E-state index in [-0.39, 0.29) is 17.6 Å². The normalized spacial score (nSPS) is 16.1. The first-order valence-corrected chi connectivity index (χ1v) is 7.07. The molecule has 1 saturated heterocycles. The summed E-state index contributed by atoms with van der Waals surface area (Å²) in [6.07, 6.45) is 1.41. The molecular weight excluding hydrogens is 269 g/mol. The molecule has 1 aromatic heterocycles. The molecule has 21 heavy (non-hydrogen) atoms. The number of nitriles is 1. The number of aryl methyl sites for hydroxylation is 1. The van der Waals surface area contributed by atoms with E-state index in [1.54, 1.807) is 11.0 Å². The molecule has 0 radical (unpaired) electrons. The van der Waals surface area contributed by atoms with Crippen LogP contribution in [0.4, 0.5) is 4.39 Å². The second kappa shape index (κ2) is 5.21. The Balaban J connectivity index is 1.93. The molecule has 1 amide bonds. The number of fused-ring (bicyclic) bond motifs is 1. The number of carbonyl (C=O) groups is 1. The van der Waals surface area contributed by atoms with Crippen molar-refractivity contribution >= 4 is 16.8 Å². The van der Waals surface area contributed by atoms with Gasteiger partial charge in [0.15, 0.2) is 0 Å². The first-order valence-electron chi connectivity index (χ1n) is 7.07. The minimum Gasteiger partial charge on any atom is -0.358 e. The fraction of sp³-hybridized carbons (Fsp3) is 0.375. The Labute approximate surface area is 122 Å². The van der Waals surface area contributed by atoms with Gasteiger partial charge in [-0.15, -0.1) is 0 Å². The van der Waals surface area contributed by atoms with E-state index in [1.807, 2.05) is 6.92 Å². The molecule has 0 spiro atoms. The van der Waals surface area contributed by atoms with E-state index in [2.05, 4.69) is 11.1 Å². The fourth-order valence-corrected chi connectivity index (χ4v) is 2.94. The molecule has 3 rings (SSSR count). The Morgan fingerprint density at radius 2 is 2.14 bits per heavy atom. The van der Waals surface area contributed by atoms with E-state index >= 15 is 0 Å². The van der Waals surface area contributed by atoms with E-state index < -0.39 is 0 Å². The fourth-order valence-electron chi connectivity index (χ4n) is 2.94. The molecule has 108 valence electrons. The lowest BCUT2D eigenvalue weighted by atomic mass is 9.97. The van der Waals surface area contributed by atoms with Crippen LogP contribution in [-0.4, -0.2) is 28.9 Å². The van der Waals surface area contributed by atoms with Crippen molar-refractivity contribution in [1.29, 1.82) is 5.26 Å². The molecule has 0 saturated carbocycles. The number of amides is 1. The topological polar surface area (TPSA) is 59.9 Å². The van der Waals surface area contributed by atoms with Crippen molar-refractivity contribution < 1.29 is 9.18 Å². The standard InChI is InChI=1S/C16H16FN3O/c1-10-15(13-8-12(17)2-3-14(13)19-10)16(21)20-6-4-11(9-18)5-7-20/h2-3,8,11,19H,4-7H2,1H3. The molecule has 1 aliphatic heterocycles. The summed E-state index contributed by atoms with van der Waals surface area (Å²) < 4.78 is 13.5. The highest BCUT2D eigenvalue weighted by Crippen LogP contribution is 2.26. The molecule has 1 N–H and O–H groups in total. The van der Waals surface area contributed by atoms with E-state index in [0.29, 0.717) is 36.9 Å². The highest BCUT2D eigenvalue weighted by Gasteiger charge is 2.26. The number of rotatable bonds is 1. The summed E-state index contributed by atoms with van der Waals surface area (Å²) in [7, 11) is 0. The summed E-state index contributed by atoms with van der Waals surface area (Å²) in [4.78, 5) is 17.6. The number of nitrogens with zero attached hydrogens (tertiary/aromatic N) is 2. The molecule has 1 aromatic carbocycles. The maximum absolute atomic E-state index is 13.5.